The fourth-order valence-corrected chi connectivity index (χ4v) is 1.17. The predicted octanol–water partition coefficient (Wildman–Crippen LogP) is 0.815. The summed E-state index contributed by atoms with van der Waals surface area (Å²) in [4.78, 5) is 2.21. The molecule has 0 aliphatic carbocycles. The van der Waals surface area contributed by atoms with Crippen LogP contribution in [0.5, 0.6) is 0 Å². The molecule has 0 aliphatic rings. The molecule has 0 rings (SSSR count). The van der Waals surface area contributed by atoms with Gasteiger partial charge >= 0.3 is 0 Å². The average Bonchev–Trinajstić information content (AvgIpc) is 2.02. The summed E-state index contributed by atoms with van der Waals surface area (Å²) in [6.07, 6.45) is 0. The van der Waals surface area contributed by atoms with Crippen LogP contribution in [0.4, 0.5) is 0 Å². The molecule has 70 valence electrons. The van der Waals surface area contributed by atoms with Crippen molar-refractivity contribution in [1.82, 2.24) is 4.90 Å². The minimum Gasteiger partial charge on any atom is -0.315 e. The van der Waals surface area contributed by atoms with Crippen LogP contribution in [-0.4, -0.2) is 30.6 Å². The van der Waals surface area contributed by atoms with Gasteiger partial charge < -0.3 is 10.6 Å². The van der Waals surface area contributed by atoms with Crippen LogP contribution in [0.15, 0.2) is 0 Å². The second kappa shape index (κ2) is 5.99. The Morgan fingerprint density at radius 2 is 2.00 bits per heavy atom. The van der Waals surface area contributed by atoms with Gasteiger partial charge in [0.25, 0.3) is 0 Å². The lowest BCUT2D eigenvalue weighted by Gasteiger charge is -2.23. The third-order valence-corrected chi connectivity index (χ3v) is 1.69. The van der Waals surface area contributed by atoms with Crippen molar-refractivity contribution in [1.29, 1.82) is 5.26 Å². The van der Waals surface area contributed by atoms with Crippen molar-refractivity contribution in [3.63, 3.8) is 0 Å². The summed E-state index contributed by atoms with van der Waals surface area (Å²) in [5, 5.41) is 8.51. The van der Waals surface area contributed by atoms with E-state index >= 15 is 0 Å². The molecule has 1 unspecified atom stereocenters. The number of nitriles is 1. The van der Waals surface area contributed by atoms with E-state index in [1.807, 2.05) is 6.07 Å². The smallest absolute Gasteiger partial charge is 0.106 e. The highest BCUT2D eigenvalue weighted by molar-refractivity contribution is 4.88. The van der Waals surface area contributed by atoms with E-state index in [0.29, 0.717) is 12.5 Å². The number of rotatable bonds is 5. The maximum absolute atomic E-state index is 8.51. The molecular formula is C9H19N3. The molecule has 0 heterocycles. The largest absolute Gasteiger partial charge is 0.315 e. The molecule has 12 heavy (non-hydrogen) atoms. The zero-order valence-electron chi connectivity index (χ0n) is 8.25. The van der Waals surface area contributed by atoms with Gasteiger partial charge in [0.15, 0.2) is 0 Å². The maximum Gasteiger partial charge on any atom is 0.106 e. The van der Waals surface area contributed by atoms with Gasteiger partial charge in [-0.25, -0.2) is 0 Å². The van der Waals surface area contributed by atoms with Crippen molar-refractivity contribution >= 4 is 0 Å². The minimum absolute atomic E-state index is 0.344. The molecule has 0 amide bonds. The molecule has 0 aromatic heterocycles. The van der Waals surface area contributed by atoms with E-state index in [4.69, 9.17) is 11.0 Å². The fourth-order valence-electron chi connectivity index (χ4n) is 1.17. The van der Waals surface area contributed by atoms with E-state index in [-0.39, 0.29) is 6.04 Å². The molecule has 0 saturated carbocycles. The first kappa shape index (κ1) is 11.4. The van der Waals surface area contributed by atoms with Crippen LogP contribution in [0.25, 0.3) is 0 Å². The molecule has 0 saturated heterocycles. The number of nitrogens with zero attached hydrogens (tertiary/aromatic N) is 2. The van der Waals surface area contributed by atoms with Crippen LogP contribution in [0, 0.1) is 17.2 Å². The van der Waals surface area contributed by atoms with E-state index < -0.39 is 0 Å². The zero-order chi connectivity index (χ0) is 9.56. The average molecular weight is 169 g/mol. The molecule has 0 spiro atoms. The van der Waals surface area contributed by atoms with Crippen LogP contribution in [0.1, 0.15) is 20.8 Å². The van der Waals surface area contributed by atoms with Crippen molar-refractivity contribution in [2.45, 2.75) is 26.8 Å². The molecule has 3 heteroatoms. The maximum atomic E-state index is 8.51. The van der Waals surface area contributed by atoms with Crippen LogP contribution in [0.3, 0.4) is 0 Å². The van der Waals surface area contributed by atoms with E-state index in [2.05, 4.69) is 25.7 Å². The highest BCUT2D eigenvalue weighted by atomic mass is 15.1. The molecule has 3 nitrogen and oxygen atoms in total. The summed E-state index contributed by atoms with van der Waals surface area (Å²) in [5.74, 6) is 0.635. The lowest BCUT2D eigenvalue weighted by molar-refractivity contribution is 0.252. The van der Waals surface area contributed by atoms with Crippen molar-refractivity contribution in [2.24, 2.45) is 11.7 Å². The predicted molar refractivity (Wildman–Crippen MR) is 50.5 cm³/mol. The molecule has 0 radical (unpaired) electrons. The van der Waals surface area contributed by atoms with Crippen molar-refractivity contribution in [3.05, 3.63) is 0 Å². The Morgan fingerprint density at radius 3 is 2.33 bits per heavy atom. The Kier molecular flexibility index (Phi) is 5.69. The highest BCUT2D eigenvalue weighted by Crippen LogP contribution is 1.98. The number of likely N-dealkylation sites (N-methyl/N-ethyl adjacent to an activating group) is 1. The third-order valence-electron chi connectivity index (χ3n) is 1.69. The monoisotopic (exact) mass is 169 g/mol. The molecule has 1 atom stereocenters. The lowest BCUT2D eigenvalue weighted by atomic mass is 10.2. The highest BCUT2D eigenvalue weighted by Gasteiger charge is 2.08. The Bertz CT molecular complexity index is 148. The first-order chi connectivity index (χ1) is 5.60. The summed E-state index contributed by atoms with van der Waals surface area (Å²) in [5.41, 5.74) is 5.52. The number of nitrogens with two attached hydrogens (primary N) is 1. The Balaban J connectivity index is 3.76. The van der Waals surface area contributed by atoms with Crippen LogP contribution < -0.4 is 5.73 Å². The van der Waals surface area contributed by atoms with Crippen LogP contribution in [-0.2, 0) is 0 Å². The summed E-state index contributed by atoms with van der Waals surface area (Å²) in [6.45, 7) is 9.10. The fraction of sp³-hybridized carbons (Fsp3) is 0.889. The summed E-state index contributed by atoms with van der Waals surface area (Å²) in [7, 11) is 0. The standard InChI is InChI=1S/C9H19N3/c1-4-12(6-8(2)3)7-9(11)5-10/h8-9H,4,6-7,11H2,1-3H3. The number of hydrogen-bond acceptors (Lipinski definition) is 3. The van der Waals surface area contributed by atoms with Crippen molar-refractivity contribution in [2.75, 3.05) is 19.6 Å². The Hall–Kier alpha value is -0.590. The van der Waals surface area contributed by atoms with Gasteiger partial charge in [-0.3, -0.25) is 0 Å². The van der Waals surface area contributed by atoms with Gasteiger partial charge in [-0.05, 0) is 12.5 Å². The Labute approximate surface area is 75.2 Å². The molecule has 0 aromatic carbocycles. The molecule has 0 fully saturated rings. The van der Waals surface area contributed by atoms with Gasteiger partial charge in [0, 0.05) is 13.1 Å². The van der Waals surface area contributed by atoms with Gasteiger partial charge in [-0.2, -0.15) is 5.26 Å². The first-order valence-electron chi connectivity index (χ1n) is 4.47. The molecule has 2 N–H and O–H groups in total. The minimum atomic E-state index is -0.344. The normalized spacial score (nSPS) is 13.4. The van der Waals surface area contributed by atoms with Crippen LogP contribution >= 0.6 is 0 Å². The topological polar surface area (TPSA) is 53.0 Å². The molecule has 0 bridgehead atoms. The summed E-state index contributed by atoms with van der Waals surface area (Å²) >= 11 is 0. The zero-order valence-corrected chi connectivity index (χ0v) is 8.25. The van der Waals surface area contributed by atoms with Crippen molar-refractivity contribution in [3.8, 4) is 6.07 Å². The first-order valence-corrected chi connectivity index (χ1v) is 4.47. The lowest BCUT2D eigenvalue weighted by Crippen LogP contribution is -2.38. The number of hydrogen-bond donors (Lipinski definition) is 1. The van der Waals surface area contributed by atoms with E-state index in [1.54, 1.807) is 0 Å². The molecule has 0 aliphatic heterocycles. The van der Waals surface area contributed by atoms with Gasteiger partial charge in [-0.15, -0.1) is 0 Å². The van der Waals surface area contributed by atoms with E-state index in [9.17, 15) is 0 Å². The summed E-state index contributed by atoms with van der Waals surface area (Å²) in [6, 6.07) is 1.70. The van der Waals surface area contributed by atoms with E-state index in [0.717, 1.165) is 13.1 Å². The van der Waals surface area contributed by atoms with Gasteiger partial charge in [0.05, 0.1) is 6.07 Å². The molecular weight excluding hydrogens is 150 g/mol. The third kappa shape index (κ3) is 5.11. The Morgan fingerprint density at radius 1 is 1.42 bits per heavy atom. The summed E-state index contributed by atoms with van der Waals surface area (Å²) < 4.78 is 0. The molecule has 0 aromatic rings. The second-order valence-corrected chi connectivity index (χ2v) is 3.48. The van der Waals surface area contributed by atoms with Gasteiger partial charge in [0.1, 0.15) is 6.04 Å². The van der Waals surface area contributed by atoms with Gasteiger partial charge in [-0.1, -0.05) is 20.8 Å². The second-order valence-electron chi connectivity index (χ2n) is 3.48. The quantitative estimate of drug-likeness (QED) is 0.662. The van der Waals surface area contributed by atoms with Gasteiger partial charge in [0.2, 0.25) is 0 Å². The van der Waals surface area contributed by atoms with Crippen LogP contribution in [0.2, 0.25) is 0 Å². The van der Waals surface area contributed by atoms with Crippen molar-refractivity contribution < 1.29 is 0 Å². The van der Waals surface area contributed by atoms with E-state index in [1.165, 1.54) is 0 Å². The SMILES string of the molecule is CCN(CC(C)C)CC(N)C#N.